The van der Waals surface area contributed by atoms with E-state index in [0.29, 0.717) is 46.0 Å². The normalized spacial score (nSPS) is 10.5. The van der Waals surface area contributed by atoms with E-state index in [1.807, 2.05) is 31.2 Å². The molecule has 3 heterocycles. The van der Waals surface area contributed by atoms with Crippen LogP contribution in [0.3, 0.4) is 0 Å². The fourth-order valence-electron chi connectivity index (χ4n) is 3.19. The highest BCUT2D eigenvalue weighted by Gasteiger charge is 2.15. The lowest BCUT2D eigenvalue weighted by Gasteiger charge is -2.15. The van der Waals surface area contributed by atoms with Gasteiger partial charge in [0.05, 0.1) is 27.6 Å². The molecular weight excluding hydrogens is 410 g/mol. The van der Waals surface area contributed by atoms with Crippen LogP contribution >= 0.6 is 0 Å². The minimum Gasteiger partial charge on any atom is -0.493 e. The Morgan fingerprint density at radius 3 is 2.31 bits per heavy atom. The molecule has 4 aromatic rings. The van der Waals surface area contributed by atoms with Gasteiger partial charge in [0, 0.05) is 35.8 Å². The van der Waals surface area contributed by atoms with Gasteiger partial charge in [-0.1, -0.05) is 0 Å². The molecule has 0 unspecified atom stereocenters. The van der Waals surface area contributed by atoms with Crippen molar-refractivity contribution in [3.05, 3.63) is 66.7 Å². The topological polar surface area (TPSA) is 87.9 Å². The molecule has 0 spiro atoms. The molecule has 4 rings (SSSR count). The summed E-state index contributed by atoms with van der Waals surface area (Å²) in [5.74, 6) is 3.97. The van der Waals surface area contributed by atoms with Crippen molar-refractivity contribution in [2.45, 2.75) is 6.92 Å². The van der Waals surface area contributed by atoms with Crippen molar-refractivity contribution in [1.29, 1.82) is 0 Å². The minimum absolute atomic E-state index is 0.517. The van der Waals surface area contributed by atoms with E-state index in [1.54, 1.807) is 58.1 Å². The standard InChI is InChI=1S/C24H23N3O5/c1-15-7-8-19(23(26-15)18-6-5-11-31-18)32-17-9-10-25-22(14-17)27-16-12-20(28-2)24(30-4)21(13-16)29-3/h5-14H,1-4H3,(H,25,27). The van der Waals surface area contributed by atoms with Crippen LogP contribution in [0.25, 0.3) is 11.5 Å². The van der Waals surface area contributed by atoms with Crippen molar-refractivity contribution >= 4 is 11.5 Å². The molecular formula is C24H23N3O5. The van der Waals surface area contributed by atoms with E-state index in [1.165, 1.54) is 0 Å². The lowest BCUT2D eigenvalue weighted by atomic mass is 10.2. The van der Waals surface area contributed by atoms with Gasteiger partial charge >= 0.3 is 0 Å². The summed E-state index contributed by atoms with van der Waals surface area (Å²) in [6, 6.07) is 14.6. The van der Waals surface area contributed by atoms with Crippen molar-refractivity contribution in [3.63, 3.8) is 0 Å². The first kappa shape index (κ1) is 21.0. The van der Waals surface area contributed by atoms with E-state index in [4.69, 9.17) is 23.4 Å². The summed E-state index contributed by atoms with van der Waals surface area (Å²) < 4.78 is 27.8. The molecule has 0 atom stereocenters. The smallest absolute Gasteiger partial charge is 0.203 e. The average Bonchev–Trinajstić information content (AvgIpc) is 3.34. The highest BCUT2D eigenvalue weighted by Crippen LogP contribution is 2.41. The maximum atomic E-state index is 6.12. The second kappa shape index (κ2) is 9.30. The Morgan fingerprint density at radius 2 is 1.66 bits per heavy atom. The van der Waals surface area contributed by atoms with Gasteiger partial charge in [-0.25, -0.2) is 9.97 Å². The summed E-state index contributed by atoms with van der Waals surface area (Å²) in [4.78, 5) is 8.94. The van der Waals surface area contributed by atoms with E-state index in [9.17, 15) is 0 Å². The average molecular weight is 433 g/mol. The number of methoxy groups -OCH3 is 3. The predicted molar refractivity (Wildman–Crippen MR) is 120 cm³/mol. The molecule has 0 fully saturated rings. The molecule has 0 bridgehead atoms. The molecule has 32 heavy (non-hydrogen) atoms. The zero-order chi connectivity index (χ0) is 22.5. The number of furan rings is 1. The molecule has 3 aromatic heterocycles. The van der Waals surface area contributed by atoms with Gasteiger partial charge in [-0.05, 0) is 37.3 Å². The summed E-state index contributed by atoms with van der Waals surface area (Å²) in [5.41, 5.74) is 2.21. The van der Waals surface area contributed by atoms with Crippen molar-refractivity contribution in [1.82, 2.24) is 9.97 Å². The molecule has 1 aromatic carbocycles. The number of aryl methyl sites for hydroxylation is 1. The van der Waals surface area contributed by atoms with Crippen LogP contribution in [-0.2, 0) is 0 Å². The van der Waals surface area contributed by atoms with Gasteiger partial charge < -0.3 is 28.7 Å². The number of benzene rings is 1. The first-order chi connectivity index (χ1) is 15.6. The summed E-state index contributed by atoms with van der Waals surface area (Å²) in [7, 11) is 4.70. The zero-order valence-corrected chi connectivity index (χ0v) is 18.2. The number of hydrogen-bond donors (Lipinski definition) is 1. The van der Waals surface area contributed by atoms with Crippen LogP contribution in [0.5, 0.6) is 28.7 Å². The van der Waals surface area contributed by atoms with Crippen LogP contribution in [0.1, 0.15) is 5.69 Å². The quantitative estimate of drug-likeness (QED) is 0.384. The third kappa shape index (κ3) is 4.44. The molecule has 0 aliphatic heterocycles. The van der Waals surface area contributed by atoms with Crippen LogP contribution in [0.15, 0.2) is 65.4 Å². The van der Waals surface area contributed by atoms with Crippen molar-refractivity contribution in [3.8, 4) is 40.2 Å². The number of nitrogens with zero attached hydrogens (tertiary/aromatic N) is 2. The minimum atomic E-state index is 0.517. The lowest BCUT2D eigenvalue weighted by molar-refractivity contribution is 0.324. The van der Waals surface area contributed by atoms with Gasteiger partial charge in [0.15, 0.2) is 23.0 Å². The Kier molecular flexibility index (Phi) is 6.12. The van der Waals surface area contributed by atoms with Gasteiger partial charge in [-0.3, -0.25) is 0 Å². The van der Waals surface area contributed by atoms with Crippen molar-refractivity contribution in [2.75, 3.05) is 26.6 Å². The maximum absolute atomic E-state index is 6.12. The van der Waals surface area contributed by atoms with Crippen molar-refractivity contribution in [2.24, 2.45) is 0 Å². The van der Waals surface area contributed by atoms with E-state index < -0.39 is 0 Å². The third-order valence-corrected chi connectivity index (χ3v) is 4.65. The second-order valence-electron chi connectivity index (χ2n) is 6.79. The largest absolute Gasteiger partial charge is 0.493 e. The van der Waals surface area contributed by atoms with E-state index in [-0.39, 0.29) is 0 Å². The summed E-state index contributed by atoms with van der Waals surface area (Å²) in [6.45, 7) is 1.92. The molecule has 0 aliphatic carbocycles. The Morgan fingerprint density at radius 1 is 0.875 bits per heavy atom. The molecule has 1 N–H and O–H groups in total. The molecule has 164 valence electrons. The van der Waals surface area contributed by atoms with Crippen LogP contribution in [0, 0.1) is 6.92 Å². The highest BCUT2D eigenvalue weighted by atomic mass is 16.5. The molecule has 0 saturated heterocycles. The van der Waals surface area contributed by atoms with E-state index in [2.05, 4.69) is 15.3 Å². The summed E-state index contributed by atoms with van der Waals surface area (Å²) >= 11 is 0. The summed E-state index contributed by atoms with van der Waals surface area (Å²) in [6.07, 6.45) is 3.26. The fourth-order valence-corrected chi connectivity index (χ4v) is 3.19. The Labute approximate surface area is 185 Å². The van der Waals surface area contributed by atoms with Gasteiger partial charge in [0.2, 0.25) is 5.75 Å². The molecule has 0 radical (unpaired) electrons. The summed E-state index contributed by atoms with van der Waals surface area (Å²) in [5, 5.41) is 3.24. The number of rotatable bonds is 8. The lowest BCUT2D eigenvalue weighted by Crippen LogP contribution is -1.99. The first-order valence-electron chi connectivity index (χ1n) is 9.83. The Bertz CT molecular complexity index is 1180. The van der Waals surface area contributed by atoms with Crippen molar-refractivity contribution < 1.29 is 23.4 Å². The van der Waals surface area contributed by atoms with Gasteiger partial charge in [-0.15, -0.1) is 0 Å². The monoisotopic (exact) mass is 433 g/mol. The molecule has 0 aliphatic rings. The maximum Gasteiger partial charge on any atom is 0.203 e. The third-order valence-electron chi connectivity index (χ3n) is 4.65. The predicted octanol–water partition coefficient (Wildman–Crippen LogP) is 5.61. The number of aromatic nitrogens is 2. The molecule has 0 saturated carbocycles. The number of nitrogens with one attached hydrogen (secondary N) is 1. The van der Waals surface area contributed by atoms with Crippen LogP contribution in [0.4, 0.5) is 11.5 Å². The van der Waals surface area contributed by atoms with Gasteiger partial charge in [0.25, 0.3) is 0 Å². The number of ether oxygens (including phenoxy) is 4. The van der Waals surface area contributed by atoms with Crippen LogP contribution < -0.4 is 24.3 Å². The first-order valence-corrected chi connectivity index (χ1v) is 9.83. The number of hydrogen-bond acceptors (Lipinski definition) is 8. The molecule has 0 amide bonds. The Hall–Kier alpha value is -4.20. The van der Waals surface area contributed by atoms with Crippen LogP contribution in [-0.4, -0.2) is 31.3 Å². The van der Waals surface area contributed by atoms with E-state index in [0.717, 1.165) is 11.4 Å². The zero-order valence-electron chi connectivity index (χ0n) is 18.2. The molecule has 8 nitrogen and oxygen atoms in total. The molecule has 8 heteroatoms. The van der Waals surface area contributed by atoms with E-state index >= 15 is 0 Å². The highest BCUT2D eigenvalue weighted by molar-refractivity contribution is 5.67. The van der Waals surface area contributed by atoms with Crippen LogP contribution in [0.2, 0.25) is 0 Å². The SMILES string of the molecule is COc1cc(Nc2cc(Oc3ccc(C)nc3-c3ccco3)ccn2)cc(OC)c1OC. The number of anilines is 2. The van der Waals surface area contributed by atoms with Gasteiger partial charge in [-0.2, -0.15) is 0 Å². The van der Waals surface area contributed by atoms with Gasteiger partial charge in [0.1, 0.15) is 17.3 Å². The Balaban J connectivity index is 1.61. The second-order valence-corrected chi connectivity index (χ2v) is 6.79. The number of pyridine rings is 2. The fraction of sp³-hybridized carbons (Fsp3) is 0.167.